The van der Waals surface area contributed by atoms with Gasteiger partial charge in [0.1, 0.15) is 0 Å². The third kappa shape index (κ3) is 3.38. The minimum Gasteiger partial charge on any atom is -0.462 e. The van der Waals surface area contributed by atoms with Crippen molar-refractivity contribution in [3.63, 3.8) is 0 Å². The topological polar surface area (TPSA) is 26.3 Å². The molecule has 1 atom stereocenters. The molecule has 3 rings (SSSR count). The smallest absolute Gasteiger partial charge is 0.339 e. The van der Waals surface area contributed by atoms with Crippen LogP contribution in [-0.2, 0) is 4.74 Å². The fraction of sp³-hybridized carbons (Fsp3) is 0.409. The third-order valence-electron chi connectivity index (χ3n) is 4.93. The van der Waals surface area contributed by atoms with Crippen molar-refractivity contribution in [1.82, 2.24) is 0 Å². The molecule has 0 spiro atoms. The number of hydrogen-bond donors (Lipinski definition) is 0. The summed E-state index contributed by atoms with van der Waals surface area (Å²) in [4.78, 5) is 12.9. The summed E-state index contributed by atoms with van der Waals surface area (Å²) in [5.74, 6) is 0.282. The maximum Gasteiger partial charge on any atom is 0.339 e. The zero-order valence-corrected chi connectivity index (χ0v) is 14.7. The maximum atomic E-state index is 12.9. The number of carbonyl (C=O) groups is 1. The number of hydrogen-bond acceptors (Lipinski definition) is 2. The Kier molecular flexibility index (Phi) is 5.34. The molecular formula is C22H26O2. The highest BCUT2D eigenvalue weighted by atomic mass is 16.5. The van der Waals surface area contributed by atoms with E-state index in [4.69, 9.17) is 4.74 Å². The minimum atomic E-state index is -0.177. The van der Waals surface area contributed by atoms with Gasteiger partial charge in [-0.05, 0) is 52.5 Å². The second-order valence-electron chi connectivity index (χ2n) is 6.62. The second-order valence-corrected chi connectivity index (χ2v) is 6.62. The lowest BCUT2D eigenvalue weighted by atomic mass is 9.96. The maximum absolute atomic E-state index is 12.9. The van der Waals surface area contributed by atoms with Gasteiger partial charge in [-0.2, -0.15) is 0 Å². The number of benzene rings is 2. The van der Waals surface area contributed by atoms with Crippen LogP contribution >= 0.6 is 0 Å². The number of carbonyl (C=O) groups excluding carboxylic acids is 1. The number of esters is 1. The van der Waals surface area contributed by atoms with Crippen LogP contribution in [0.3, 0.4) is 0 Å². The minimum absolute atomic E-state index is 0.177. The van der Waals surface area contributed by atoms with Crippen molar-refractivity contribution in [2.75, 3.05) is 6.61 Å². The van der Waals surface area contributed by atoms with Gasteiger partial charge in [0, 0.05) is 0 Å². The Morgan fingerprint density at radius 3 is 2.75 bits per heavy atom. The molecule has 1 aliphatic rings. The summed E-state index contributed by atoms with van der Waals surface area (Å²) in [5, 5.41) is 4.31. The molecule has 126 valence electrons. The van der Waals surface area contributed by atoms with E-state index in [-0.39, 0.29) is 5.97 Å². The van der Waals surface area contributed by atoms with E-state index >= 15 is 0 Å². The third-order valence-corrected chi connectivity index (χ3v) is 4.93. The van der Waals surface area contributed by atoms with Crippen LogP contribution in [0.15, 0.2) is 30.3 Å². The Balaban J connectivity index is 2.01. The Bertz CT molecular complexity index is 848. The van der Waals surface area contributed by atoms with Crippen molar-refractivity contribution in [2.24, 2.45) is 5.92 Å². The quantitative estimate of drug-likeness (QED) is 0.746. The van der Waals surface area contributed by atoms with Gasteiger partial charge in [-0.15, -0.1) is 0 Å². The first-order valence-electron chi connectivity index (χ1n) is 9.13. The monoisotopic (exact) mass is 322 g/mol. The van der Waals surface area contributed by atoms with E-state index < -0.39 is 0 Å². The molecule has 0 bridgehead atoms. The van der Waals surface area contributed by atoms with Gasteiger partial charge in [-0.25, -0.2) is 4.79 Å². The van der Waals surface area contributed by atoms with Crippen molar-refractivity contribution in [3.8, 4) is 0 Å². The molecule has 0 fully saturated rings. The Morgan fingerprint density at radius 1 is 1.17 bits per heavy atom. The molecule has 0 amide bonds. The summed E-state index contributed by atoms with van der Waals surface area (Å²) >= 11 is 0. The number of fused-ring (bicyclic) bond motifs is 2. The molecule has 0 N–H and O–H groups in total. The van der Waals surface area contributed by atoms with Crippen LogP contribution in [0.5, 0.6) is 0 Å². The zero-order chi connectivity index (χ0) is 16.9. The van der Waals surface area contributed by atoms with Crippen LogP contribution in [-0.4, -0.2) is 12.6 Å². The van der Waals surface area contributed by atoms with Gasteiger partial charge in [-0.3, -0.25) is 0 Å². The van der Waals surface area contributed by atoms with Crippen LogP contribution in [0.25, 0.3) is 22.9 Å². The summed E-state index contributed by atoms with van der Waals surface area (Å²) in [5.41, 5.74) is 0.741. The molecular weight excluding hydrogens is 296 g/mol. The number of rotatable bonds is 6. The molecule has 2 aromatic carbocycles. The van der Waals surface area contributed by atoms with Gasteiger partial charge >= 0.3 is 5.97 Å². The Hall–Kier alpha value is -2.09. The molecule has 2 heteroatoms. The number of ether oxygens (including phenoxy) is 1. The molecule has 1 aliphatic carbocycles. The van der Waals surface area contributed by atoms with Crippen LogP contribution in [0.1, 0.15) is 56.3 Å². The van der Waals surface area contributed by atoms with Crippen LogP contribution in [0.4, 0.5) is 0 Å². The first-order valence-corrected chi connectivity index (χ1v) is 9.13. The molecule has 0 aliphatic heterocycles. The van der Waals surface area contributed by atoms with E-state index in [1.54, 1.807) is 0 Å². The van der Waals surface area contributed by atoms with Gasteiger partial charge in [0.2, 0.25) is 0 Å². The van der Waals surface area contributed by atoms with Crippen LogP contribution in [0, 0.1) is 5.92 Å². The van der Waals surface area contributed by atoms with E-state index in [9.17, 15) is 4.79 Å². The second kappa shape index (κ2) is 7.65. The lowest BCUT2D eigenvalue weighted by Gasteiger charge is -2.16. The summed E-state index contributed by atoms with van der Waals surface area (Å²) in [7, 11) is 0. The molecule has 0 radical (unpaired) electrons. The molecule has 1 unspecified atom stereocenters. The average Bonchev–Trinajstić information content (AvgIpc) is 2.62. The lowest BCUT2D eigenvalue weighted by molar-refractivity contribution is 0.0430. The van der Waals surface area contributed by atoms with Gasteiger partial charge < -0.3 is 4.74 Å². The van der Waals surface area contributed by atoms with Crippen molar-refractivity contribution in [2.45, 2.75) is 46.0 Å². The highest BCUT2D eigenvalue weighted by Crippen LogP contribution is 2.18. The van der Waals surface area contributed by atoms with E-state index in [1.807, 2.05) is 18.2 Å². The summed E-state index contributed by atoms with van der Waals surface area (Å²) in [6.45, 7) is 4.86. The molecule has 24 heavy (non-hydrogen) atoms. The fourth-order valence-corrected chi connectivity index (χ4v) is 3.54. The molecule has 0 heterocycles. The van der Waals surface area contributed by atoms with Gasteiger partial charge in [-0.1, -0.05) is 63.1 Å². The van der Waals surface area contributed by atoms with Crippen LogP contribution < -0.4 is 10.4 Å². The molecule has 0 saturated carbocycles. The predicted octanol–water partition coefficient (Wildman–Crippen LogP) is 4.18. The normalized spacial score (nSPS) is 14.4. The molecule has 0 aromatic heterocycles. The average molecular weight is 322 g/mol. The van der Waals surface area contributed by atoms with Crippen molar-refractivity contribution in [1.29, 1.82) is 0 Å². The van der Waals surface area contributed by atoms with Crippen molar-refractivity contribution in [3.05, 3.63) is 46.3 Å². The lowest BCUT2D eigenvalue weighted by Crippen LogP contribution is -2.34. The fourth-order valence-electron chi connectivity index (χ4n) is 3.54. The SMILES string of the molecule is CCCC(CC)COC(=O)c1c2c(cc3ccccc13)=CCCC=2. The first-order chi connectivity index (χ1) is 11.7. The highest BCUT2D eigenvalue weighted by molar-refractivity contribution is 6.05. The van der Waals surface area contributed by atoms with Crippen molar-refractivity contribution < 1.29 is 9.53 Å². The van der Waals surface area contributed by atoms with Gasteiger partial charge in [0.25, 0.3) is 0 Å². The predicted molar refractivity (Wildman–Crippen MR) is 100 cm³/mol. The first kappa shape index (κ1) is 16.8. The largest absolute Gasteiger partial charge is 0.462 e. The molecule has 2 aromatic rings. The van der Waals surface area contributed by atoms with E-state index in [0.717, 1.165) is 58.9 Å². The molecule has 0 saturated heterocycles. The van der Waals surface area contributed by atoms with E-state index in [0.29, 0.717) is 12.5 Å². The van der Waals surface area contributed by atoms with E-state index in [2.05, 4.69) is 38.1 Å². The Labute approximate surface area is 143 Å². The summed E-state index contributed by atoms with van der Waals surface area (Å²) in [6.07, 6.45) is 9.72. The van der Waals surface area contributed by atoms with Gasteiger partial charge in [0.05, 0.1) is 12.2 Å². The van der Waals surface area contributed by atoms with E-state index in [1.165, 1.54) is 0 Å². The summed E-state index contributed by atoms with van der Waals surface area (Å²) < 4.78 is 5.74. The highest BCUT2D eigenvalue weighted by Gasteiger charge is 2.17. The standard InChI is InChI=1S/C22H26O2/c1-3-9-16(4-2)15-24-22(23)21-19-12-7-5-10-17(19)14-18-11-6-8-13-20(18)21/h5,7,10-14,16H,3-4,6,8-9,15H2,1-2H3. The van der Waals surface area contributed by atoms with Gasteiger partial charge in [0.15, 0.2) is 0 Å². The summed E-state index contributed by atoms with van der Waals surface area (Å²) in [6, 6.07) is 10.3. The van der Waals surface area contributed by atoms with Crippen molar-refractivity contribution >= 4 is 28.9 Å². The molecule has 2 nitrogen and oxygen atoms in total. The zero-order valence-electron chi connectivity index (χ0n) is 14.7. The van der Waals surface area contributed by atoms with Crippen LogP contribution in [0.2, 0.25) is 0 Å². The Morgan fingerprint density at radius 2 is 1.96 bits per heavy atom.